The Bertz CT molecular complexity index is 277. The van der Waals surface area contributed by atoms with Crippen molar-refractivity contribution in [3.8, 4) is 0 Å². The van der Waals surface area contributed by atoms with Gasteiger partial charge >= 0.3 is 0 Å². The molecule has 0 bridgehead atoms. The van der Waals surface area contributed by atoms with Gasteiger partial charge in [-0.3, -0.25) is 0 Å². The van der Waals surface area contributed by atoms with Crippen LogP contribution in [0.1, 0.15) is 31.2 Å². The summed E-state index contributed by atoms with van der Waals surface area (Å²) in [5.41, 5.74) is 6.63. The number of hydrogen-bond acceptors (Lipinski definition) is 4. The zero-order valence-corrected chi connectivity index (χ0v) is 8.41. The first kappa shape index (κ1) is 9.52. The second-order valence-electron chi connectivity index (χ2n) is 3.77. The summed E-state index contributed by atoms with van der Waals surface area (Å²) in [6.45, 7) is 2.68. The molecule has 2 N–H and O–H groups in total. The number of rotatable bonds is 2. The van der Waals surface area contributed by atoms with Crippen molar-refractivity contribution in [3.63, 3.8) is 0 Å². The first-order valence-corrected chi connectivity index (χ1v) is 5.30. The van der Waals surface area contributed by atoms with Gasteiger partial charge in [-0.25, -0.2) is 0 Å². The topological polar surface area (TPSA) is 55.3 Å². The zero-order chi connectivity index (χ0) is 9.80. The van der Waals surface area contributed by atoms with Crippen LogP contribution in [0.5, 0.6) is 0 Å². The third kappa shape index (κ3) is 1.90. The lowest BCUT2D eigenvalue weighted by atomic mass is 10.2. The van der Waals surface area contributed by atoms with E-state index in [9.17, 15) is 0 Å². The van der Waals surface area contributed by atoms with Crippen LogP contribution >= 0.6 is 0 Å². The van der Waals surface area contributed by atoms with Gasteiger partial charge in [0.15, 0.2) is 5.82 Å². The summed E-state index contributed by atoms with van der Waals surface area (Å²) in [5.74, 6) is 0.953. The van der Waals surface area contributed by atoms with Gasteiger partial charge in [0.25, 0.3) is 0 Å². The molecule has 0 spiro atoms. The average molecular weight is 195 g/mol. The van der Waals surface area contributed by atoms with E-state index < -0.39 is 0 Å². The second kappa shape index (κ2) is 4.46. The molecule has 4 nitrogen and oxygen atoms in total. The van der Waals surface area contributed by atoms with Crippen molar-refractivity contribution < 1.29 is 4.52 Å². The Labute approximate surface area is 84.0 Å². The van der Waals surface area contributed by atoms with Gasteiger partial charge < -0.3 is 15.2 Å². The van der Waals surface area contributed by atoms with Crippen molar-refractivity contribution in [2.75, 3.05) is 18.0 Å². The van der Waals surface area contributed by atoms with Crippen LogP contribution in [0.25, 0.3) is 0 Å². The van der Waals surface area contributed by atoms with Crippen molar-refractivity contribution in [1.29, 1.82) is 0 Å². The van der Waals surface area contributed by atoms with Crippen LogP contribution in [0.4, 0.5) is 5.82 Å². The van der Waals surface area contributed by atoms with Crippen LogP contribution in [0.2, 0.25) is 0 Å². The maximum absolute atomic E-state index is 5.61. The Hall–Kier alpha value is -1.03. The van der Waals surface area contributed by atoms with Crippen LogP contribution in [-0.4, -0.2) is 18.2 Å². The molecular weight excluding hydrogens is 178 g/mol. The normalized spacial score (nSPS) is 18.2. The van der Waals surface area contributed by atoms with Crippen molar-refractivity contribution in [2.24, 2.45) is 5.73 Å². The lowest BCUT2D eigenvalue weighted by Crippen LogP contribution is -2.25. The highest BCUT2D eigenvalue weighted by Gasteiger charge is 2.15. The molecule has 1 saturated heterocycles. The fourth-order valence-electron chi connectivity index (χ4n) is 1.93. The van der Waals surface area contributed by atoms with E-state index in [2.05, 4.69) is 10.1 Å². The molecule has 78 valence electrons. The Morgan fingerprint density at radius 3 is 2.64 bits per heavy atom. The highest BCUT2D eigenvalue weighted by Crippen LogP contribution is 2.21. The summed E-state index contributed by atoms with van der Waals surface area (Å²) in [7, 11) is 0. The Morgan fingerprint density at radius 1 is 1.29 bits per heavy atom. The Balaban J connectivity index is 2.11. The number of nitrogens with zero attached hydrogens (tertiary/aromatic N) is 2. The smallest absolute Gasteiger partial charge is 0.176 e. The predicted molar refractivity (Wildman–Crippen MR) is 55.1 cm³/mol. The summed E-state index contributed by atoms with van der Waals surface area (Å²) < 4.78 is 4.96. The molecule has 0 unspecified atom stereocenters. The Kier molecular flexibility index (Phi) is 3.03. The van der Waals surface area contributed by atoms with E-state index in [1.165, 1.54) is 25.7 Å². The summed E-state index contributed by atoms with van der Waals surface area (Å²) in [6, 6.07) is 0. The fraction of sp³-hybridized carbons (Fsp3) is 0.700. The first-order chi connectivity index (χ1) is 6.92. The molecule has 0 aromatic carbocycles. The SMILES string of the molecule is NCc1conc1N1CCCCCC1. The largest absolute Gasteiger partial charge is 0.362 e. The Morgan fingerprint density at radius 2 is 2.00 bits per heavy atom. The van der Waals surface area contributed by atoms with Gasteiger partial charge in [-0.2, -0.15) is 0 Å². The summed E-state index contributed by atoms with van der Waals surface area (Å²) in [4.78, 5) is 2.29. The van der Waals surface area contributed by atoms with E-state index in [0.29, 0.717) is 6.54 Å². The number of nitrogens with two attached hydrogens (primary N) is 1. The standard InChI is InChI=1S/C10H17N3O/c11-7-9-8-14-12-10(9)13-5-3-1-2-4-6-13/h8H,1-7,11H2. The lowest BCUT2D eigenvalue weighted by molar-refractivity contribution is 0.418. The van der Waals surface area contributed by atoms with Crippen molar-refractivity contribution in [3.05, 3.63) is 11.8 Å². The fourth-order valence-corrected chi connectivity index (χ4v) is 1.93. The maximum atomic E-state index is 5.61. The van der Waals surface area contributed by atoms with Crippen molar-refractivity contribution in [2.45, 2.75) is 32.2 Å². The van der Waals surface area contributed by atoms with Crippen LogP contribution in [0, 0.1) is 0 Å². The van der Waals surface area contributed by atoms with Gasteiger partial charge in [0.1, 0.15) is 6.26 Å². The van der Waals surface area contributed by atoms with Crippen molar-refractivity contribution >= 4 is 5.82 Å². The molecule has 1 aliphatic heterocycles. The lowest BCUT2D eigenvalue weighted by Gasteiger charge is -2.19. The predicted octanol–water partition coefficient (Wildman–Crippen LogP) is 1.51. The minimum absolute atomic E-state index is 0.509. The molecule has 0 atom stereocenters. The van der Waals surface area contributed by atoms with E-state index in [-0.39, 0.29) is 0 Å². The van der Waals surface area contributed by atoms with Crippen LogP contribution in [-0.2, 0) is 6.54 Å². The highest BCUT2D eigenvalue weighted by atomic mass is 16.5. The number of aromatic nitrogens is 1. The molecule has 0 saturated carbocycles. The minimum atomic E-state index is 0.509. The van der Waals surface area contributed by atoms with Gasteiger partial charge in [-0.05, 0) is 12.8 Å². The quantitative estimate of drug-likeness (QED) is 0.777. The molecule has 4 heteroatoms. The van der Waals surface area contributed by atoms with E-state index in [0.717, 1.165) is 24.5 Å². The number of hydrogen-bond donors (Lipinski definition) is 1. The van der Waals surface area contributed by atoms with Gasteiger partial charge in [-0.1, -0.05) is 18.0 Å². The molecule has 0 amide bonds. The molecular formula is C10H17N3O. The third-order valence-corrected chi connectivity index (χ3v) is 2.75. The van der Waals surface area contributed by atoms with Crippen LogP contribution in [0.3, 0.4) is 0 Å². The van der Waals surface area contributed by atoms with Gasteiger partial charge in [0, 0.05) is 25.2 Å². The second-order valence-corrected chi connectivity index (χ2v) is 3.77. The maximum Gasteiger partial charge on any atom is 0.176 e. The van der Waals surface area contributed by atoms with Crippen LogP contribution < -0.4 is 10.6 Å². The monoisotopic (exact) mass is 195 g/mol. The van der Waals surface area contributed by atoms with E-state index in [1.54, 1.807) is 6.26 Å². The van der Waals surface area contributed by atoms with Gasteiger partial charge in [0.2, 0.25) is 0 Å². The molecule has 0 radical (unpaired) electrons. The van der Waals surface area contributed by atoms with E-state index in [1.807, 2.05) is 0 Å². The molecule has 2 heterocycles. The average Bonchev–Trinajstić information content (AvgIpc) is 2.52. The van der Waals surface area contributed by atoms with Crippen molar-refractivity contribution in [1.82, 2.24) is 5.16 Å². The molecule has 0 aliphatic carbocycles. The summed E-state index contributed by atoms with van der Waals surface area (Å²) in [5, 5.41) is 4.02. The molecule has 1 aromatic heterocycles. The molecule has 14 heavy (non-hydrogen) atoms. The van der Waals surface area contributed by atoms with E-state index >= 15 is 0 Å². The minimum Gasteiger partial charge on any atom is -0.362 e. The zero-order valence-electron chi connectivity index (χ0n) is 8.41. The summed E-state index contributed by atoms with van der Waals surface area (Å²) >= 11 is 0. The molecule has 2 rings (SSSR count). The first-order valence-electron chi connectivity index (χ1n) is 5.30. The molecule has 1 fully saturated rings. The molecule has 1 aromatic rings. The van der Waals surface area contributed by atoms with Gasteiger partial charge in [-0.15, -0.1) is 0 Å². The third-order valence-electron chi connectivity index (χ3n) is 2.75. The summed E-state index contributed by atoms with van der Waals surface area (Å²) in [6.07, 6.45) is 6.80. The number of anilines is 1. The van der Waals surface area contributed by atoms with Crippen LogP contribution in [0.15, 0.2) is 10.8 Å². The highest BCUT2D eigenvalue weighted by molar-refractivity contribution is 5.44. The van der Waals surface area contributed by atoms with Gasteiger partial charge in [0.05, 0.1) is 0 Å². The molecule has 1 aliphatic rings. The van der Waals surface area contributed by atoms with E-state index in [4.69, 9.17) is 10.3 Å².